The maximum Gasteiger partial charge on any atom is 0.437 e. The van der Waals surface area contributed by atoms with Crippen molar-refractivity contribution in [2.75, 3.05) is 0 Å². The van der Waals surface area contributed by atoms with Crippen molar-refractivity contribution in [2.45, 2.75) is 39.7 Å². The molecule has 0 fully saturated rings. The van der Waals surface area contributed by atoms with Crippen LogP contribution < -0.4 is 5.76 Å². The highest BCUT2D eigenvalue weighted by Crippen LogP contribution is 2.05. The van der Waals surface area contributed by atoms with Gasteiger partial charge in [0, 0.05) is 13.0 Å². The lowest BCUT2D eigenvalue weighted by Gasteiger charge is -1.98. The zero-order chi connectivity index (χ0) is 15.1. The summed E-state index contributed by atoms with van der Waals surface area (Å²) in [7, 11) is 0. The van der Waals surface area contributed by atoms with E-state index in [1.165, 1.54) is 10.2 Å². The van der Waals surface area contributed by atoms with Crippen molar-refractivity contribution in [3.8, 4) is 0 Å². The van der Waals surface area contributed by atoms with Crippen LogP contribution in [0.15, 0.2) is 45.6 Å². The minimum Gasteiger partial charge on any atom is -0.392 e. The SMILES string of the molecule is CC(C)Cc1nn(CCCC=Cc2ccccc2)c(=O)o1. The molecule has 4 nitrogen and oxygen atoms in total. The fourth-order valence-corrected chi connectivity index (χ4v) is 2.06. The highest BCUT2D eigenvalue weighted by molar-refractivity contribution is 5.48. The van der Waals surface area contributed by atoms with E-state index in [1.807, 2.05) is 18.2 Å². The Kier molecular flexibility index (Phi) is 5.55. The monoisotopic (exact) mass is 286 g/mol. The molecule has 0 aliphatic heterocycles. The van der Waals surface area contributed by atoms with Crippen LogP contribution in [0, 0.1) is 5.92 Å². The molecule has 0 aliphatic carbocycles. The number of aromatic nitrogens is 2. The number of aryl methyl sites for hydroxylation is 1. The molecule has 1 aromatic heterocycles. The average Bonchev–Trinajstić information content (AvgIpc) is 2.79. The lowest BCUT2D eigenvalue weighted by molar-refractivity contribution is 0.424. The summed E-state index contributed by atoms with van der Waals surface area (Å²) >= 11 is 0. The van der Waals surface area contributed by atoms with Gasteiger partial charge >= 0.3 is 5.76 Å². The Balaban J connectivity index is 1.80. The third-order valence-electron chi connectivity index (χ3n) is 3.08. The van der Waals surface area contributed by atoms with Crippen LogP contribution in [0.2, 0.25) is 0 Å². The number of nitrogens with zero attached hydrogens (tertiary/aromatic N) is 2. The molecule has 21 heavy (non-hydrogen) atoms. The van der Waals surface area contributed by atoms with Gasteiger partial charge in [-0.2, -0.15) is 4.68 Å². The van der Waals surface area contributed by atoms with Gasteiger partial charge in [0.2, 0.25) is 5.89 Å². The Morgan fingerprint density at radius 1 is 1.29 bits per heavy atom. The highest BCUT2D eigenvalue weighted by Gasteiger charge is 2.08. The second-order valence-corrected chi connectivity index (χ2v) is 5.54. The summed E-state index contributed by atoms with van der Waals surface area (Å²) in [6.07, 6.45) is 6.70. The van der Waals surface area contributed by atoms with Gasteiger partial charge in [-0.15, -0.1) is 5.10 Å². The van der Waals surface area contributed by atoms with E-state index in [4.69, 9.17) is 4.42 Å². The summed E-state index contributed by atoms with van der Waals surface area (Å²) in [6.45, 7) is 4.75. The van der Waals surface area contributed by atoms with Crippen molar-refractivity contribution in [3.63, 3.8) is 0 Å². The van der Waals surface area contributed by atoms with Gasteiger partial charge in [-0.3, -0.25) is 0 Å². The Hall–Kier alpha value is -2.10. The zero-order valence-electron chi connectivity index (χ0n) is 12.7. The van der Waals surface area contributed by atoms with Gasteiger partial charge in [0.25, 0.3) is 0 Å². The molecule has 0 saturated heterocycles. The lowest BCUT2D eigenvalue weighted by Crippen LogP contribution is -2.15. The summed E-state index contributed by atoms with van der Waals surface area (Å²) in [6, 6.07) is 10.2. The van der Waals surface area contributed by atoms with Crippen molar-refractivity contribution < 1.29 is 4.42 Å². The molecule has 4 heteroatoms. The van der Waals surface area contributed by atoms with E-state index < -0.39 is 0 Å². The molecule has 0 aliphatic rings. The Bertz CT molecular complexity index is 624. The first-order valence-corrected chi connectivity index (χ1v) is 7.43. The Morgan fingerprint density at radius 3 is 2.76 bits per heavy atom. The van der Waals surface area contributed by atoms with Crippen molar-refractivity contribution in [1.29, 1.82) is 0 Å². The predicted octanol–water partition coefficient (Wildman–Crippen LogP) is 3.53. The van der Waals surface area contributed by atoms with Gasteiger partial charge in [-0.05, 0) is 24.3 Å². The molecule has 0 radical (unpaired) electrons. The molecule has 0 bridgehead atoms. The Morgan fingerprint density at radius 2 is 2.05 bits per heavy atom. The van der Waals surface area contributed by atoms with E-state index in [1.54, 1.807) is 0 Å². The Labute approximate surface area is 125 Å². The molecule has 1 aromatic carbocycles. The highest BCUT2D eigenvalue weighted by atomic mass is 16.4. The molecule has 0 atom stereocenters. The van der Waals surface area contributed by atoms with Crippen molar-refractivity contribution in [3.05, 3.63) is 58.4 Å². The number of hydrogen-bond acceptors (Lipinski definition) is 3. The first-order valence-electron chi connectivity index (χ1n) is 7.43. The number of rotatable bonds is 7. The number of benzene rings is 1. The quantitative estimate of drug-likeness (QED) is 0.732. The molecule has 0 spiro atoms. The lowest BCUT2D eigenvalue weighted by atomic mass is 10.1. The summed E-state index contributed by atoms with van der Waals surface area (Å²) in [5.74, 6) is 0.623. The first kappa shape index (κ1) is 15.3. The average molecular weight is 286 g/mol. The molecular weight excluding hydrogens is 264 g/mol. The van der Waals surface area contributed by atoms with E-state index in [-0.39, 0.29) is 5.76 Å². The van der Waals surface area contributed by atoms with Gasteiger partial charge in [0.1, 0.15) is 0 Å². The summed E-state index contributed by atoms with van der Waals surface area (Å²) in [4.78, 5) is 11.6. The smallest absolute Gasteiger partial charge is 0.392 e. The van der Waals surface area contributed by atoms with Gasteiger partial charge < -0.3 is 4.42 Å². The van der Waals surface area contributed by atoms with Crippen LogP contribution in [-0.4, -0.2) is 9.78 Å². The molecule has 0 N–H and O–H groups in total. The van der Waals surface area contributed by atoms with E-state index in [0.717, 1.165) is 12.8 Å². The molecule has 1 heterocycles. The predicted molar refractivity (Wildman–Crippen MR) is 84.0 cm³/mol. The minimum absolute atomic E-state index is 0.349. The zero-order valence-corrected chi connectivity index (χ0v) is 12.7. The van der Waals surface area contributed by atoms with Crippen LogP contribution in [0.5, 0.6) is 0 Å². The third kappa shape index (κ3) is 5.06. The van der Waals surface area contributed by atoms with Gasteiger partial charge in [-0.25, -0.2) is 4.79 Å². The van der Waals surface area contributed by atoms with Crippen LogP contribution in [0.25, 0.3) is 6.08 Å². The standard InChI is InChI=1S/C17H22N2O2/c1-14(2)13-16-18-19(17(20)21-16)12-8-4-7-11-15-9-5-3-6-10-15/h3,5-7,9-11,14H,4,8,12-13H2,1-2H3. The summed E-state index contributed by atoms with van der Waals surface area (Å²) in [5.41, 5.74) is 1.19. The van der Waals surface area contributed by atoms with Crippen LogP contribution >= 0.6 is 0 Å². The maximum absolute atomic E-state index is 11.6. The van der Waals surface area contributed by atoms with Crippen molar-refractivity contribution in [1.82, 2.24) is 9.78 Å². The largest absolute Gasteiger partial charge is 0.437 e. The third-order valence-corrected chi connectivity index (χ3v) is 3.08. The first-order chi connectivity index (χ1) is 10.1. The minimum atomic E-state index is -0.349. The fraction of sp³-hybridized carbons (Fsp3) is 0.412. The van der Waals surface area contributed by atoms with E-state index in [9.17, 15) is 4.79 Å². The van der Waals surface area contributed by atoms with Crippen molar-refractivity contribution >= 4 is 6.08 Å². The van der Waals surface area contributed by atoms with Crippen LogP contribution in [0.3, 0.4) is 0 Å². The summed E-state index contributed by atoms with van der Waals surface area (Å²) in [5, 5.41) is 4.22. The molecule has 2 aromatic rings. The topological polar surface area (TPSA) is 48.0 Å². The van der Waals surface area contributed by atoms with Gasteiger partial charge in [0.05, 0.1) is 0 Å². The second kappa shape index (κ2) is 7.62. The maximum atomic E-state index is 11.6. The normalized spacial score (nSPS) is 11.6. The summed E-state index contributed by atoms with van der Waals surface area (Å²) < 4.78 is 6.55. The number of unbranched alkanes of at least 4 members (excludes halogenated alkanes) is 1. The van der Waals surface area contributed by atoms with Crippen LogP contribution in [0.4, 0.5) is 0 Å². The van der Waals surface area contributed by atoms with E-state index in [0.29, 0.717) is 24.8 Å². The molecule has 0 saturated carbocycles. The molecule has 2 rings (SSSR count). The van der Waals surface area contributed by atoms with Crippen molar-refractivity contribution in [2.24, 2.45) is 5.92 Å². The van der Waals surface area contributed by atoms with Gasteiger partial charge in [-0.1, -0.05) is 56.3 Å². The number of hydrogen-bond donors (Lipinski definition) is 0. The molecule has 112 valence electrons. The van der Waals surface area contributed by atoms with Crippen LogP contribution in [0.1, 0.15) is 38.1 Å². The molecule has 0 amide bonds. The second-order valence-electron chi connectivity index (χ2n) is 5.54. The fourth-order valence-electron chi connectivity index (χ4n) is 2.06. The van der Waals surface area contributed by atoms with E-state index >= 15 is 0 Å². The number of allylic oxidation sites excluding steroid dienone is 1. The van der Waals surface area contributed by atoms with Crippen LogP contribution in [-0.2, 0) is 13.0 Å². The van der Waals surface area contributed by atoms with Gasteiger partial charge in [0.15, 0.2) is 0 Å². The molecule has 0 unspecified atom stereocenters. The van der Waals surface area contributed by atoms with E-state index in [2.05, 4.69) is 43.2 Å². The molecular formula is C17H22N2O2.